The van der Waals surface area contributed by atoms with Gasteiger partial charge in [0.1, 0.15) is 5.16 Å². The summed E-state index contributed by atoms with van der Waals surface area (Å²) in [4.78, 5) is 24.5. The van der Waals surface area contributed by atoms with Gasteiger partial charge in [-0.05, 0) is 29.7 Å². The molecule has 31 heavy (non-hydrogen) atoms. The minimum absolute atomic E-state index is 0. The van der Waals surface area contributed by atoms with E-state index in [1.165, 1.54) is 0 Å². The number of rotatable bonds is 5. The van der Waals surface area contributed by atoms with E-state index < -0.39 is 12.8 Å². The Labute approximate surface area is 194 Å². The number of allylic oxidation sites excluding steroid dienone is 4. The van der Waals surface area contributed by atoms with Gasteiger partial charge in [-0.2, -0.15) is 4.57 Å². The van der Waals surface area contributed by atoms with Crippen molar-refractivity contribution in [3.05, 3.63) is 103 Å². The first kappa shape index (κ1) is 25.0. The van der Waals surface area contributed by atoms with Crippen LogP contribution < -0.4 is 17.0 Å². The number of halogens is 2. The zero-order chi connectivity index (χ0) is 20.3. The quantitative estimate of drug-likeness (QED) is 0.431. The smallest absolute Gasteiger partial charge is 0.336 e. The summed E-state index contributed by atoms with van der Waals surface area (Å²) < 4.78 is 14.5. The lowest BCUT2D eigenvalue weighted by molar-refractivity contribution is -0.604. The third-order valence-electron chi connectivity index (χ3n) is 5.28. The van der Waals surface area contributed by atoms with Gasteiger partial charge in [0.25, 0.3) is 0 Å². The number of para-hydroxylation sites is 1. The van der Waals surface area contributed by atoms with Crippen molar-refractivity contribution in [3.8, 4) is 16.8 Å². The molecule has 162 valence electrons. The highest BCUT2D eigenvalue weighted by atomic mass is 35.5. The van der Waals surface area contributed by atoms with E-state index in [0.717, 1.165) is 22.5 Å². The van der Waals surface area contributed by atoms with Gasteiger partial charge in [0, 0.05) is 36.7 Å². The van der Waals surface area contributed by atoms with Crippen molar-refractivity contribution >= 4 is 20.0 Å². The molecule has 0 fully saturated rings. The van der Waals surface area contributed by atoms with E-state index in [4.69, 9.17) is 0 Å². The molecular formula is C23H23Cl2N2O3P. The summed E-state index contributed by atoms with van der Waals surface area (Å²) in [7, 11) is -4.40. The molecule has 1 aliphatic carbocycles. The zero-order valence-electron chi connectivity index (χ0n) is 16.6. The minimum atomic E-state index is -4.40. The van der Waals surface area contributed by atoms with Crippen LogP contribution in [0.2, 0.25) is 0 Å². The van der Waals surface area contributed by atoms with Crippen LogP contribution in [0.25, 0.3) is 16.8 Å². The van der Waals surface area contributed by atoms with Crippen molar-refractivity contribution < 1.29 is 31.3 Å². The molecule has 0 aliphatic heterocycles. The van der Waals surface area contributed by atoms with Crippen molar-refractivity contribution in [3.63, 3.8) is 0 Å². The van der Waals surface area contributed by atoms with Gasteiger partial charge >= 0.3 is 7.60 Å². The topological polar surface area (TPSA) is 74.3 Å². The lowest BCUT2D eigenvalue weighted by Gasteiger charge is -2.31. The molecule has 0 amide bonds. The van der Waals surface area contributed by atoms with E-state index in [1.807, 2.05) is 77.5 Å². The van der Waals surface area contributed by atoms with Gasteiger partial charge in [0.15, 0.2) is 11.9 Å². The number of benzene rings is 1. The molecule has 1 atom stereocenters. The third-order valence-corrected chi connectivity index (χ3v) is 6.93. The molecule has 0 saturated carbocycles. The highest BCUT2D eigenvalue weighted by molar-refractivity contribution is 7.53. The predicted molar refractivity (Wildman–Crippen MR) is 120 cm³/mol. The lowest BCUT2D eigenvalue weighted by atomic mass is 9.93. The molecule has 0 spiro atoms. The van der Waals surface area contributed by atoms with Crippen molar-refractivity contribution in [1.29, 1.82) is 0 Å². The van der Waals surface area contributed by atoms with Crippen LogP contribution in [-0.2, 0) is 11.0 Å². The molecule has 5 nitrogen and oxygen atoms in total. The average molecular weight is 477 g/mol. The molecule has 4 rings (SSSR count). The Morgan fingerprint density at radius 3 is 2.32 bits per heavy atom. The fraction of sp³-hybridized carbons (Fsp3) is 0.130. The molecule has 8 heteroatoms. The van der Waals surface area contributed by atoms with Crippen LogP contribution in [0.5, 0.6) is 0 Å². The zero-order valence-corrected chi connectivity index (χ0v) is 19.0. The fourth-order valence-corrected chi connectivity index (χ4v) is 4.66. The summed E-state index contributed by atoms with van der Waals surface area (Å²) >= 11 is 0. The summed E-state index contributed by atoms with van der Waals surface area (Å²) in [6.07, 6.45) is 13.0. The van der Waals surface area contributed by atoms with E-state index in [0.29, 0.717) is 6.42 Å². The highest BCUT2D eigenvalue weighted by Gasteiger charge is 2.46. The van der Waals surface area contributed by atoms with Crippen molar-refractivity contribution in [2.75, 3.05) is 0 Å². The first-order chi connectivity index (χ1) is 14.0. The number of aromatic nitrogens is 2. The van der Waals surface area contributed by atoms with Gasteiger partial charge in [0.2, 0.25) is 5.69 Å². The maximum Gasteiger partial charge on any atom is 0.336 e. The van der Waals surface area contributed by atoms with E-state index in [-0.39, 0.29) is 31.2 Å². The second-order valence-electron chi connectivity index (χ2n) is 7.16. The number of pyridine rings is 2. The van der Waals surface area contributed by atoms with E-state index in [9.17, 15) is 14.4 Å². The first-order valence-electron chi connectivity index (χ1n) is 9.39. The van der Waals surface area contributed by atoms with Gasteiger partial charge in [-0.3, -0.25) is 9.55 Å². The molecule has 1 unspecified atom stereocenters. The number of hydrogen-bond acceptors (Lipinski definition) is 2. The van der Waals surface area contributed by atoms with E-state index in [1.54, 1.807) is 24.5 Å². The monoisotopic (exact) mass is 476 g/mol. The van der Waals surface area contributed by atoms with Crippen molar-refractivity contribution in [1.82, 2.24) is 4.98 Å². The normalized spacial score (nSPS) is 17.5. The summed E-state index contributed by atoms with van der Waals surface area (Å²) in [6.45, 7) is 0. The Bertz CT molecular complexity index is 1120. The molecule has 2 heterocycles. The molecule has 2 N–H and O–H groups in total. The van der Waals surface area contributed by atoms with Gasteiger partial charge in [-0.1, -0.05) is 42.5 Å². The Morgan fingerprint density at radius 1 is 1.00 bits per heavy atom. The minimum Gasteiger partial charge on any atom is -1.00 e. The maximum absolute atomic E-state index is 12.5. The molecule has 2 aromatic heterocycles. The van der Waals surface area contributed by atoms with Crippen molar-refractivity contribution in [2.24, 2.45) is 0 Å². The molecule has 1 aliphatic rings. The Hall–Kier alpha value is -2.27. The number of nitrogens with zero attached hydrogens (tertiary/aromatic N) is 2. The van der Waals surface area contributed by atoms with Gasteiger partial charge in [-0.15, -0.1) is 12.4 Å². The molecule has 3 aromatic rings. The summed E-state index contributed by atoms with van der Waals surface area (Å²) in [5.41, 5.74) is 3.75. The Kier molecular flexibility index (Phi) is 8.35. The average Bonchev–Trinajstić information content (AvgIpc) is 2.75. The summed E-state index contributed by atoms with van der Waals surface area (Å²) in [5, 5.41) is -1.25. The van der Waals surface area contributed by atoms with Crippen LogP contribution in [0.1, 0.15) is 12.1 Å². The summed E-state index contributed by atoms with van der Waals surface area (Å²) in [6, 6.07) is 17.7. The third kappa shape index (κ3) is 5.32. The van der Waals surface area contributed by atoms with Gasteiger partial charge in [-0.25, -0.2) is 0 Å². The molecular weight excluding hydrogens is 454 g/mol. The number of hydrogen-bond donors (Lipinski definition) is 2. The van der Waals surface area contributed by atoms with Crippen molar-refractivity contribution in [2.45, 2.75) is 18.0 Å². The van der Waals surface area contributed by atoms with E-state index >= 15 is 0 Å². The Morgan fingerprint density at radius 2 is 1.71 bits per heavy atom. The van der Waals surface area contributed by atoms with Crippen LogP contribution >= 0.6 is 20.0 Å². The van der Waals surface area contributed by atoms with Gasteiger partial charge in [0.05, 0.1) is 6.42 Å². The Balaban J connectivity index is 0.00000171. The van der Waals surface area contributed by atoms with Crippen LogP contribution in [0.15, 0.2) is 97.5 Å². The summed E-state index contributed by atoms with van der Waals surface area (Å²) in [5.74, 6) is 0. The second-order valence-corrected chi connectivity index (χ2v) is 9.14. The largest absolute Gasteiger partial charge is 1.00 e. The standard InChI is InChI=1S/C23H21N2O3P.2ClH/c26-29(27,28)23(12-5-2-6-13-23)18-22-17-20(19-9-14-24-15-10-19)11-16-25(22)21-7-3-1-4-8-21;;/h1-12,14-17H,13,18H2,(H-,26,27,28);2*1H. The molecule has 0 bridgehead atoms. The lowest BCUT2D eigenvalue weighted by Crippen LogP contribution is -3.00. The predicted octanol–water partition coefficient (Wildman–Crippen LogP) is 1.43. The van der Waals surface area contributed by atoms with Crippen LogP contribution in [-0.4, -0.2) is 19.9 Å². The molecule has 0 saturated heterocycles. The van der Waals surface area contributed by atoms with Crippen LogP contribution in [0.3, 0.4) is 0 Å². The maximum atomic E-state index is 12.5. The van der Waals surface area contributed by atoms with Crippen LogP contribution in [0.4, 0.5) is 0 Å². The second kappa shape index (κ2) is 10.4. The molecule has 1 aromatic carbocycles. The molecule has 0 radical (unpaired) electrons. The van der Waals surface area contributed by atoms with Crippen LogP contribution in [0, 0.1) is 0 Å². The fourth-order valence-electron chi connectivity index (χ4n) is 3.67. The SMILES string of the molecule is Cl.O=P(O)(O)C1(Cc2cc(-c3ccncc3)cc[n+]2-c2ccccc2)C=CC=CC1.[Cl-]. The highest BCUT2D eigenvalue weighted by Crippen LogP contribution is 2.56. The first-order valence-corrected chi connectivity index (χ1v) is 11.0. The van der Waals surface area contributed by atoms with E-state index in [2.05, 4.69) is 4.98 Å². The van der Waals surface area contributed by atoms with Gasteiger partial charge < -0.3 is 22.2 Å².